The molecule has 3 aliphatic heterocycles. The maximum Gasteiger partial charge on any atom is 0.246 e. The molecule has 12 nitrogen and oxygen atoms in total. The number of allylic oxidation sites excluding steroid dienone is 2. The number of aliphatic imine (C=N–C) groups is 1. The fourth-order valence-electron chi connectivity index (χ4n) is 7.66. The predicted octanol–water partition coefficient (Wildman–Crippen LogP) is 3.58. The van der Waals surface area contributed by atoms with Crippen LogP contribution < -0.4 is 14.8 Å². The van der Waals surface area contributed by atoms with Gasteiger partial charge in [0.1, 0.15) is 18.2 Å². The number of ether oxygens (including phenoxy) is 2. The molecule has 3 N–H and O–H groups in total. The standard InChI is InChI=1S/C35H38N6O6S/c1-17-12-20-13-23-25(15-36)41-24(28(40(23)4)26(20)30(43)32(17)46-5)14-22-27(31(44)33(47-6)18(2)29(22)42)34(41)38-35(45)19(3)37-16-48-39-21-10-8-7-9-11-21/h7-12,16,19,23-25,28,34,39,43H,13-14H2,1-6H3,(H,38,45)/t19?,23-,24?,25+,28-,34-/m1/s1. The van der Waals surface area contributed by atoms with Crippen molar-refractivity contribution in [3.05, 3.63) is 75.6 Å². The van der Waals surface area contributed by atoms with Crippen molar-refractivity contribution in [3.8, 4) is 17.6 Å². The number of amides is 1. The summed E-state index contributed by atoms with van der Waals surface area (Å²) < 4.78 is 14.1. The van der Waals surface area contributed by atoms with Crippen molar-refractivity contribution in [2.75, 3.05) is 26.0 Å². The van der Waals surface area contributed by atoms with Gasteiger partial charge in [0.25, 0.3) is 0 Å². The molecule has 1 aliphatic carbocycles. The number of aromatic hydroxyl groups is 1. The molecule has 0 aromatic heterocycles. The van der Waals surface area contributed by atoms with Gasteiger partial charge in [0.15, 0.2) is 23.0 Å². The van der Waals surface area contributed by atoms with Crippen LogP contribution >= 0.6 is 11.9 Å². The van der Waals surface area contributed by atoms with Crippen LogP contribution in [0.25, 0.3) is 0 Å². The molecule has 1 fully saturated rings. The van der Waals surface area contributed by atoms with E-state index in [0.717, 1.165) is 16.8 Å². The first-order valence-electron chi connectivity index (χ1n) is 15.7. The van der Waals surface area contributed by atoms with Crippen LogP contribution in [0.3, 0.4) is 0 Å². The minimum absolute atomic E-state index is 0.00637. The largest absolute Gasteiger partial charge is 0.504 e. The van der Waals surface area contributed by atoms with Gasteiger partial charge in [-0.3, -0.25) is 29.2 Å². The lowest BCUT2D eigenvalue weighted by Crippen LogP contribution is -2.72. The number of piperazine rings is 1. The number of methoxy groups -OCH3 is 2. The highest BCUT2D eigenvalue weighted by Gasteiger charge is 2.58. The third kappa shape index (κ3) is 5.34. The van der Waals surface area contributed by atoms with E-state index in [4.69, 9.17) is 9.47 Å². The summed E-state index contributed by atoms with van der Waals surface area (Å²) >= 11 is 1.21. The minimum Gasteiger partial charge on any atom is -0.504 e. The Kier molecular flexibility index (Phi) is 9.08. The van der Waals surface area contributed by atoms with Gasteiger partial charge in [0.2, 0.25) is 11.7 Å². The Labute approximate surface area is 283 Å². The number of carbonyl (C=O) groups excluding carboxylic acids is 3. The Morgan fingerprint density at radius 3 is 2.54 bits per heavy atom. The van der Waals surface area contributed by atoms with Crippen molar-refractivity contribution in [1.29, 1.82) is 5.26 Å². The second kappa shape index (κ2) is 13.1. The van der Waals surface area contributed by atoms with Crippen LogP contribution in [0.1, 0.15) is 43.0 Å². The fraction of sp³-hybridized carbons (Fsp3) is 0.400. The number of Topliss-reactive ketones (excluding diaryl/α,β-unsaturated/α-hetero) is 2. The van der Waals surface area contributed by atoms with Gasteiger partial charge < -0.3 is 24.6 Å². The second-order valence-corrected chi connectivity index (χ2v) is 13.1. The molecule has 2 unspecified atom stereocenters. The van der Waals surface area contributed by atoms with Crippen LogP contribution in [0.2, 0.25) is 0 Å². The quantitative estimate of drug-likeness (QED) is 0.163. The van der Waals surface area contributed by atoms with E-state index in [1.807, 2.05) is 55.3 Å². The van der Waals surface area contributed by atoms with Gasteiger partial charge in [-0.1, -0.05) is 24.3 Å². The molecule has 2 aromatic carbocycles. The van der Waals surface area contributed by atoms with Gasteiger partial charge >= 0.3 is 0 Å². The van der Waals surface area contributed by atoms with Crippen LogP contribution in [0, 0.1) is 18.3 Å². The monoisotopic (exact) mass is 670 g/mol. The number of phenols is 1. The molecule has 4 aliphatic rings. The number of hydrogen-bond acceptors (Lipinski definition) is 12. The van der Waals surface area contributed by atoms with E-state index in [1.54, 1.807) is 13.8 Å². The fourth-order valence-corrected chi connectivity index (χ4v) is 8.23. The Balaban J connectivity index is 1.41. The molecule has 1 saturated heterocycles. The van der Waals surface area contributed by atoms with Crippen molar-refractivity contribution in [2.24, 2.45) is 4.99 Å². The van der Waals surface area contributed by atoms with E-state index in [1.165, 1.54) is 31.7 Å². The average molecular weight is 671 g/mol. The van der Waals surface area contributed by atoms with Gasteiger partial charge in [-0.15, -0.1) is 0 Å². The van der Waals surface area contributed by atoms with E-state index in [2.05, 4.69) is 26.0 Å². The van der Waals surface area contributed by atoms with Gasteiger partial charge in [-0.05, 0) is 75.9 Å². The average Bonchev–Trinajstić information content (AvgIpc) is 3.07. The highest BCUT2D eigenvalue weighted by atomic mass is 32.2. The first kappa shape index (κ1) is 33.3. The highest BCUT2D eigenvalue weighted by Crippen LogP contribution is 2.53. The van der Waals surface area contributed by atoms with Gasteiger partial charge in [-0.25, -0.2) is 0 Å². The molecule has 0 saturated carbocycles. The molecule has 6 atom stereocenters. The number of fused-ring (bicyclic) bond motifs is 6. The maximum absolute atomic E-state index is 14.0. The second-order valence-electron chi connectivity index (χ2n) is 12.5. The molecule has 6 rings (SSSR count). The topological polar surface area (TPSA) is 157 Å². The molecule has 3 heterocycles. The zero-order valence-electron chi connectivity index (χ0n) is 27.6. The molecule has 0 radical (unpaired) electrons. The zero-order valence-corrected chi connectivity index (χ0v) is 28.4. The molecule has 13 heteroatoms. The molecule has 250 valence electrons. The number of carbonyl (C=O) groups is 3. The molecule has 2 bridgehead atoms. The third-order valence-corrected chi connectivity index (χ3v) is 10.5. The van der Waals surface area contributed by atoms with Crippen LogP contribution in [0.4, 0.5) is 5.69 Å². The first-order chi connectivity index (χ1) is 23.0. The van der Waals surface area contributed by atoms with E-state index < -0.39 is 42.0 Å². The van der Waals surface area contributed by atoms with Crippen molar-refractivity contribution in [3.63, 3.8) is 0 Å². The summed E-state index contributed by atoms with van der Waals surface area (Å²) in [6.07, 6.45) is -0.574. The summed E-state index contributed by atoms with van der Waals surface area (Å²) in [4.78, 5) is 50.1. The number of para-hydroxylation sites is 1. The molecular weight excluding hydrogens is 632 g/mol. The van der Waals surface area contributed by atoms with E-state index in [9.17, 15) is 24.8 Å². The van der Waals surface area contributed by atoms with Gasteiger partial charge in [-0.2, -0.15) is 5.26 Å². The first-order valence-corrected chi connectivity index (χ1v) is 16.6. The Morgan fingerprint density at radius 1 is 1.15 bits per heavy atom. The molecular formula is C35H38N6O6S. The van der Waals surface area contributed by atoms with Crippen molar-refractivity contribution >= 4 is 40.7 Å². The number of likely N-dealkylation sites (N-methyl/N-ethyl adjacent to an activating group) is 1. The van der Waals surface area contributed by atoms with Crippen LogP contribution in [0.5, 0.6) is 11.5 Å². The van der Waals surface area contributed by atoms with Crippen LogP contribution in [-0.2, 0) is 25.5 Å². The van der Waals surface area contributed by atoms with Gasteiger partial charge in [0.05, 0.1) is 31.9 Å². The number of anilines is 1. The predicted molar refractivity (Wildman–Crippen MR) is 181 cm³/mol. The summed E-state index contributed by atoms with van der Waals surface area (Å²) in [5, 5.41) is 25.3. The normalized spacial score (nSPS) is 26.0. The van der Waals surface area contributed by atoms with Crippen LogP contribution in [0.15, 0.2) is 63.9 Å². The number of rotatable bonds is 8. The maximum atomic E-state index is 14.0. The smallest absolute Gasteiger partial charge is 0.246 e. The number of nitrogens with zero attached hydrogens (tertiary/aromatic N) is 4. The third-order valence-electron chi connectivity index (χ3n) is 9.89. The van der Waals surface area contributed by atoms with Crippen LogP contribution in [-0.4, -0.2) is 89.5 Å². The number of benzene rings is 2. The molecule has 0 spiro atoms. The molecule has 48 heavy (non-hydrogen) atoms. The summed E-state index contributed by atoms with van der Waals surface area (Å²) in [7, 11) is 4.74. The van der Waals surface area contributed by atoms with Crippen molar-refractivity contribution in [1.82, 2.24) is 15.1 Å². The Bertz CT molecular complexity index is 1820. The summed E-state index contributed by atoms with van der Waals surface area (Å²) in [6, 6.07) is 10.9. The van der Waals surface area contributed by atoms with E-state index in [0.29, 0.717) is 17.7 Å². The summed E-state index contributed by atoms with van der Waals surface area (Å²) in [5.74, 6) is -1.07. The van der Waals surface area contributed by atoms with Crippen molar-refractivity contribution in [2.45, 2.75) is 70.0 Å². The number of ketones is 2. The van der Waals surface area contributed by atoms with E-state index >= 15 is 0 Å². The zero-order chi connectivity index (χ0) is 34.4. The SMILES string of the molecule is COC1=C(C)C(=O)C2=C(C1=O)[C@H](NC(=O)C(C)N=CSNc1ccccc1)N1C(C2)[C@@H]2c3c(cc(C)c(OC)c3O)C[C@H]([C@@H]1C#N)N2C. The van der Waals surface area contributed by atoms with E-state index in [-0.39, 0.29) is 46.5 Å². The lowest BCUT2D eigenvalue weighted by molar-refractivity contribution is -0.130. The Hall–Kier alpha value is -4.64. The summed E-state index contributed by atoms with van der Waals surface area (Å²) in [5.41, 5.74) is 5.26. The number of aryl methyl sites for hydroxylation is 1. The molecule has 2 aromatic rings. The molecule has 1 amide bonds. The number of nitrogens with one attached hydrogen (secondary N) is 2. The van der Waals surface area contributed by atoms with Gasteiger partial charge in [0, 0.05) is 40.1 Å². The highest BCUT2D eigenvalue weighted by molar-refractivity contribution is 8.13. The van der Waals surface area contributed by atoms with Crippen molar-refractivity contribution < 1.29 is 29.0 Å². The number of phenolic OH excluding ortho intramolecular Hbond substituents is 1. The lowest BCUT2D eigenvalue weighted by Gasteiger charge is -2.60. The number of nitriles is 1. The number of hydrogen-bond donors (Lipinski definition) is 3. The summed E-state index contributed by atoms with van der Waals surface area (Å²) in [6.45, 7) is 5.04. The lowest BCUT2D eigenvalue weighted by atomic mass is 9.71. The minimum atomic E-state index is -1.13. The Morgan fingerprint density at radius 2 is 1.88 bits per heavy atom.